The fourth-order valence-corrected chi connectivity index (χ4v) is 0. The Kier molecular flexibility index (Phi) is 2150. The van der Waals surface area contributed by atoms with Gasteiger partial charge < -0.3 is 16.4 Å². The van der Waals surface area contributed by atoms with Gasteiger partial charge in [-0.25, -0.2) is 0 Å². The molecule has 3 nitrogen and oxygen atoms in total. The molecule has 0 amide bonds. The molecule has 0 aliphatic carbocycles. The first-order valence-corrected chi connectivity index (χ1v) is 0. The van der Waals surface area contributed by atoms with Gasteiger partial charge in [0, 0.05) is 37.1 Å². The first-order chi connectivity index (χ1) is 0. The van der Waals surface area contributed by atoms with Gasteiger partial charge in [-0.2, -0.15) is 19.8 Å². The maximum absolute atomic E-state index is 0. The predicted octanol–water partition coefficient (Wildman–Crippen LogP) is -5.21. The van der Waals surface area contributed by atoms with E-state index in [0.29, 0.717) is 0 Å². The zero-order valence-electron chi connectivity index (χ0n) is 5.84. The maximum Gasteiger partial charge on any atom is 0 e. The van der Waals surface area contributed by atoms with Crippen molar-refractivity contribution in [3.05, 3.63) is 0 Å². The Morgan fingerprint density at radius 3 is 0.462 bits per heavy atom. The Hall–Kier alpha value is 5.65. The molecule has 78 valence electrons. The SMILES string of the molecule is B.B.P.P.[Bi+3].[Bi+3].[O-2].[O-2].[O-2].[PbH2].[PbH2].[V].[V]. The second-order valence-electron chi connectivity index (χ2n) is 0. The van der Waals surface area contributed by atoms with Gasteiger partial charge >= 0.3 is 107 Å². The van der Waals surface area contributed by atoms with Crippen molar-refractivity contribution >= 4 is 144 Å². The van der Waals surface area contributed by atoms with Crippen molar-refractivity contribution in [2.75, 3.05) is 0 Å². The summed E-state index contributed by atoms with van der Waals surface area (Å²) in [6, 6.07) is 0. The Morgan fingerprint density at radius 1 is 0.462 bits per heavy atom. The smallest absolute Gasteiger partial charge is 0 e. The van der Waals surface area contributed by atoms with Gasteiger partial charge in [-0.05, 0) is 0 Å². The Bertz CT molecular complexity index is 33.4. The third-order valence-corrected chi connectivity index (χ3v) is 0. The van der Waals surface area contributed by atoms with Crippen LogP contribution < -0.4 is 0 Å². The maximum atomic E-state index is 0. The van der Waals surface area contributed by atoms with E-state index in [-0.39, 0.29) is 197 Å². The summed E-state index contributed by atoms with van der Waals surface area (Å²) in [6.07, 6.45) is 0. The van der Waals surface area contributed by atoms with E-state index in [1.165, 1.54) is 0 Å². The second kappa shape index (κ2) is 153. The van der Waals surface area contributed by atoms with Gasteiger partial charge in [-0.3, -0.25) is 0 Å². The zero-order chi connectivity index (χ0) is 0. The standard InChI is InChI=1S/2BH3.2Bi.3O.2H3P.2Pb.2V.4H/h2*1H3;;;;;;2*1H3;;;;;;;;/q;;2*+3;3*-2;;;;;;;;;;. The number of rotatable bonds is 0. The summed E-state index contributed by atoms with van der Waals surface area (Å²) >= 11 is 0. The van der Waals surface area contributed by atoms with Crippen molar-refractivity contribution in [1.82, 2.24) is 0 Å². The molecule has 0 bridgehead atoms. The molecule has 13 heavy (non-hydrogen) atoms. The summed E-state index contributed by atoms with van der Waals surface area (Å²) in [5, 5.41) is 0. The largest absolute Gasteiger partial charge is 0 e. The molecule has 13 heteroatoms. The quantitative estimate of drug-likeness (QED) is 0.172. The predicted molar refractivity (Wildman–Crippen MR) is 72.7 cm³/mol. The normalized spacial score (nSPS) is 0. The molecule has 0 fully saturated rings. The van der Waals surface area contributed by atoms with Crippen LogP contribution in [0.25, 0.3) is 0 Å². The van der Waals surface area contributed by atoms with Crippen LogP contribution in [0.15, 0.2) is 0 Å². The molecule has 0 aromatic heterocycles. The van der Waals surface area contributed by atoms with Crippen LogP contribution in [0.2, 0.25) is 0 Å². The van der Waals surface area contributed by atoms with Crippen LogP contribution in [0.1, 0.15) is 0 Å². The Morgan fingerprint density at radius 2 is 0.462 bits per heavy atom. The molecule has 2 atom stereocenters. The summed E-state index contributed by atoms with van der Waals surface area (Å²) in [7, 11) is 0. The molecular formula is H16B2Bi2O3P2Pb2V2. The van der Waals surface area contributed by atoms with Gasteiger partial charge in [-0.1, -0.05) is 0 Å². The Balaban J connectivity index is 0. The average Bonchev–Trinajstić information content (AvgIpc) is 0. The minimum absolute atomic E-state index is 0. The van der Waals surface area contributed by atoms with E-state index in [2.05, 4.69) is 0 Å². The van der Waals surface area contributed by atoms with Gasteiger partial charge in [-0.15, -0.1) is 0 Å². The van der Waals surface area contributed by atoms with Gasteiger partial charge in [0.05, 0.1) is 16.8 Å². The Labute approximate surface area is 193 Å². The van der Waals surface area contributed by atoms with Crippen molar-refractivity contribution in [1.29, 1.82) is 0 Å². The molecule has 0 N–H and O–H groups in total. The van der Waals surface area contributed by atoms with Crippen LogP contribution in [0.3, 0.4) is 0 Å². The van der Waals surface area contributed by atoms with Crippen LogP contribution in [0, 0.1) is 0 Å². The van der Waals surface area contributed by atoms with E-state index in [4.69, 9.17) is 0 Å². The molecule has 0 saturated carbocycles. The van der Waals surface area contributed by atoms with Crippen LogP contribution in [0.5, 0.6) is 0 Å². The van der Waals surface area contributed by atoms with Crippen molar-refractivity contribution in [2.45, 2.75) is 0 Å². The summed E-state index contributed by atoms with van der Waals surface area (Å²) in [5.74, 6) is 0. The zero-order valence-corrected chi connectivity index (χ0v) is 29.4. The van der Waals surface area contributed by atoms with Crippen LogP contribution in [0.4, 0.5) is 0 Å². The fraction of sp³-hybridized carbons (Fsp3) is 0. The van der Waals surface area contributed by atoms with E-state index in [0.717, 1.165) is 0 Å². The molecule has 0 spiro atoms. The van der Waals surface area contributed by atoms with Crippen LogP contribution in [-0.4, -0.2) is 124 Å². The molecule has 0 heterocycles. The molecule has 2 unspecified atom stereocenters. The molecule has 0 rings (SSSR count). The minimum atomic E-state index is 0. The topological polar surface area (TPSA) is 85.5 Å². The van der Waals surface area contributed by atoms with E-state index in [1.54, 1.807) is 0 Å². The average molecular weight is 1080 g/mol. The van der Waals surface area contributed by atoms with Crippen LogP contribution >= 0.6 is 19.8 Å². The third-order valence-electron chi connectivity index (χ3n) is 0. The first kappa shape index (κ1) is 182. The molecule has 0 aliphatic heterocycles. The summed E-state index contributed by atoms with van der Waals surface area (Å²) in [5.41, 5.74) is 0. The van der Waals surface area contributed by atoms with E-state index >= 15 is 0 Å². The summed E-state index contributed by atoms with van der Waals surface area (Å²) in [4.78, 5) is 0. The van der Waals surface area contributed by atoms with E-state index < -0.39 is 0 Å². The molecule has 0 saturated heterocycles. The van der Waals surface area contributed by atoms with Crippen molar-refractivity contribution < 1.29 is 53.5 Å². The summed E-state index contributed by atoms with van der Waals surface area (Å²) in [6.45, 7) is 0. The van der Waals surface area contributed by atoms with Crippen molar-refractivity contribution in [3.63, 3.8) is 0 Å². The van der Waals surface area contributed by atoms with Gasteiger partial charge in [0.25, 0.3) is 0 Å². The number of hydrogen-bond acceptors (Lipinski definition) is 0. The van der Waals surface area contributed by atoms with Crippen molar-refractivity contribution in [3.8, 4) is 0 Å². The van der Waals surface area contributed by atoms with E-state index in [9.17, 15) is 0 Å². The first-order valence-electron chi connectivity index (χ1n) is 0. The molecule has 0 aromatic carbocycles. The molecule has 0 aliphatic rings. The van der Waals surface area contributed by atoms with Crippen LogP contribution in [-0.2, 0) is 53.5 Å². The minimum Gasteiger partial charge on any atom is 0 e. The number of hydrogen-bond donors (Lipinski definition) is 0. The van der Waals surface area contributed by atoms with Gasteiger partial charge in [0.1, 0.15) is 0 Å². The van der Waals surface area contributed by atoms with Crippen molar-refractivity contribution in [2.24, 2.45) is 0 Å². The van der Waals surface area contributed by atoms with Gasteiger partial charge in [0.15, 0.2) is 0 Å². The fourth-order valence-electron chi connectivity index (χ4n) is 0. The van der Waals surface area contributed by atoms with Gasteiger partial charge in [0.2, 0.25) is 0 Å². The molecular weight excluding hydrogens is 1070 g/mol. The molecule has 10 radical (unpaired) electrons. The van der Waals surface area contributed by atoms with E-state index in [1.807, 2.05) is 0 Å². The molecule has 0 aromatic rings. The third kappa shape index (κ3) is 135. The monoisotopic (exact) mass is 1080 g/mol. The second-order valence-corrected chi connectivity index (χ2v) is 0. The summed E-state index contributed by atoms with van der Waals surface area (Å²) < 4.78 is 0.